The Kier molecular flexibility index (Phi) is 5.44. The summed E-state index contributed by atoms with van der Waals surface area (Å²) in [7, 11) is 1.52. The van der Waals surface area contributed by atoms with Crippen molar-refractivity contribution < 1.29 is 14.3 Å². The van der Waals surface area contributed by atoms with Crippen LogP contribution in [0.25, 0.3) is 0 Å². The van der Waals surface area contributed by atoms with E-state index in [4.69, 9.17) is 26.8 Å². The van der Waals surface area contributed by atoms with Crippen LogP contribution in [0.5, 0.6) is 11.5 Å². The van der Waals surface area contributed by atoms with E-state index in [0.717, 1.165) is 0 Å². The number of halogens is 1. The summed E-state index contributed by atoms with van der Waals surface area (Å²) in [5.41, 5.74) is 7.55. The third-order valence-electron chi connectivity index (χ3n) is 2.05. The second kappa shape index (κ2) is 6.84. The number of hydrogen-bond donors (Lipinski definition) is 2. The Balaban J connectivity index is 3.18. The minimum atomic E-state index is -0.761. The van der Waals surface area contributed by atoms with Gasteiger partial charge in [0, 0.05) is 0 Å². The Hall–Kier alpha value is -1.95. The maximum Gasteiger partial charge on any atom is 0.332 e. The third-order valence-corrected chi connectivity index (χ3v) is 2.35. The van der Waals surface area contributed by atoms with Crippen LogP contribution < -0.4 is 20.6 Å². The smallest absolute Gasteiger partial charge is 0.332 e. The van der Waals surface area contributed by atoms with Crippen LogP contribution >= 0.6 is 11.6 Å². The third kappa shape index (κ3) is 4.33. The average Bonchev–Trinajstić information content (AvgIpc) is 2.32. The molecule has 0 bridgehead atoms. The molecule has 0 atom stereocenters. The van der Waals surface area contributed by atoms with Gasteiger partial charge in [-0.15, -0.1) is 0 Å². The molecule has 0 saturated heterocycles. The zero-order chi connectivity index (χ0) is 14.4. The summed E-state index contributed by atoms with van der Waals surface area (Å²) in [6, 6.07) is 2.58. The molecule has 3 N–H and O–H groups in total. The molecule has 104 valence electrons. The lowest BCUT2D eigenvalue weighted by atomic mass is 10.2. The van der Waals surface area contributed by atoms with Gasteiger partial charge in [-0.2, -0.15) is 5.10 Å². The molecule has 0 aliphatic rings. The standard InChI is InChI=1S/C12H16ClN3O3/c1-7(2)19-11-8(6-15-16-12(14)17)10(18-3)5-4-9(11)13/h4-7H,1-3H3,(H3,14,16,17)/b15-6-. The lowest BCUT2D eigenvalue weighted by molar-refractivity contribution is 0.241. The van der Waals surface area contributed by atoms with Gasteiger partial charge in [0.05, 0.1) is 30.0 Å². The van der Waals surface area contributed by atoms with Crippen molar-refractivity contribution in [2.24, 2.45) is 10.8 Å². The number of nitrogens with two attached hydrogens (primary N) is 1. The first kappa shape index (κ1) is 15.1. The number of primary amides is 1. The molecule has 1 rings (SSSR count). The minimum absolute atomic E-state index is 0.0687. The van der Waals surface area contributed by atoms with Gasteiger partial charge in [0.2, 0.25) is 0 Å². The molecule has 0 spiro atoms. The molecule has 0 heterocycles. The first-order valence-corrected chi connectivity index (χ1v) is 5.95. The molecule has 0 aromatic heterocycles. The van der Waals surface area contributed by atoms with E-state index in [0.29, 0.717) is 22.1 Å². The molecule has 0 aliphatic heterocycles. The van der Waals surface area contributed by atoms with Gasteiger partial charge < -0.3 is 15.2 Å². The van der Waals surface area contributed by atoms with Crippen LogP contribution in [0.3, 0.4) is 0 Å². The molecule has 0 aliphatic carbocycles. The van der Waals surface area contributed by atoms with E-state index in [1.807, 2.05) is 13.8 Å². The molecule has 19 heavy (non-hydrogen) atoms. The second-order valence-electron chi connectivity index (χ2n) is 3.89. The summed E-state index contributed by atoms with van der Waals surface area (Å²) in [5.74, 6) is 0.959. The summed E-state index contributed by atoms with van der Waals surface area (Å²) in [5, 5.41) is 4.12. The van der Waals surface area contributed by atoms with Crippen molar-refractivity contribution in [1.82, 2.24) is 5.43 Å². The zero-order valence-electron chi connectivity index (χ0n) is 10.9. The van der Waals surface area contributed by atoms with Crippen LogP contribution in [0, 0.1) is 0 Å². The molecular formula is C12H16ClN3O3. The van der Waals surface area contributed by atoms with Crippen LogP contribution in [0.4, 0.5) is 4.79 Å². The molecule has 1 aromatic carbocycles. The van der Waals surface area contributed by atoms with Crippen molar-refractivity contribution in [2.75, 3.05) is 7.11 Å². The fraction of sp³-hybridized carbons (Fsp3) is 0.333. The van der Waals surface area contributed by atoms with Crippen molar-refractivity contribution in [3.63, 3.8) is 0 Å². The summed E-state index contributed by atoms with van der Waals surface area (Å²) in [6.07, 6.45) is 1.30. The molecule has 7 heteroatoms. The molecule has 0 fully saturated rings. The lowest BCUT2D eigenvalue weighted by Crippen LogP contribution is -2.24. The summed E-state index contributed by atoms with van der Waals surface area (Å²) >= 11 is 6.09. The predicted molar refractivity (Wildman–Crippen MR) is 74.1 cm³/mol. The van der Waals surface area contributed by atoms with Gasteiger partial charge in [-0.1, -0.05) is 11.6 Å². The van der Waals surface area contributed by atoms with Gasteiger partial charge in [0.1, 0.15) is 5.75 Å². The van der Waals surface area contributed by atoms with Gasteiger partial charge in [0.15, 0.2) is 5.75 Å². The summed E-state index contributed by atoms with van der Waals surface area (Å²) in [6.45, 7) is 3.75. The Morgan fingerprint density at radius 1 is 1.53 bits per heavy atom. The molecule has 0 unspecified atom stereocenters. The SMILES string of the molecule is COc1ccc(Cl)c(OC(C)C)c1/C=N\NC(N)=O. The topological polar surface area (TPSA) is 85.9 Å². The first-order chi connectivity index (χ1) is 8.95. The number of benzene rings is 1. The van der Waals surface area contributed by atoms with E-state index in [-0.39, 0.29) is 6.10 Å². The van der Waals surface area contributed by atoms with Crippen molar-refractivity contribution in [3.8, 4) is 11.5 Å². The number of carbonyl (C=O) groups is 1. The zero-order valence-corrected chi connectivity index (χ0v) is 11.7. The molecule has 6 nitrogen and oxygen atoms in total. The van der Waals surface area contributed by atoms with Crippen LogP contribution in [-0.4, -0.2) is 25.5 Å². The Morgan fingerprint density at radius 3 is 2.74 bits per heavy atom. The van der Waals surface area contributed by atoms with Gasteiger partial charge in [-0.3, -0.25) is 0 Å². The number of carbonyl (C=O) groups excluding carboxylic acids is 1. The first-order valence-electron chi connectivity index (χ1n) is 5.57. The van der Waals surface area contributed by atoms with Crippen LogP contribution in [-0.2, 0) is 0 Å². The van der Waals surface area contributed by atoms with Crippen molar-refractivity contribution in [3.05, 3.63) is 22.7 Å². The predicted octanol–water partition coefficient (Wildman–Crippen LogP) is 2.14. The number of hydrazone groups is 1. The van der Waals surface area contributed by atoms with E-state index in [2.05, 4.69) is 10.5 Å². The maximum absolute atomic E-state index is 10.6. The number of methoxy groups -OCH3 is 1. The fourth-order valence-electron chi connectivity index (χ4n) is 1.37. The van der Waals surface area contributed by atoms with E-state index in [1.165, 1.54) is 13.3 Å². The maximum atomic E-state index is 10.6. The number of hydrogen-bond acceptors (Lipinski definition) is 4. The number of ether oxygens (including phenoxy) is 2. The second-order valence-corrected chi connectivity index (χ2v) is 4.30. The van der Waals surface area contributed by atoms with Gasteiger partial charge in [0.25, 0.3) is 0 Å². The molecule has 1 aromatic rings. The van der Waals surface area contributed by atoms with E-state index >= 15 is 0 Å². The van der Waals surface area contributed by atoms with E-state index in [9.17, 15) is 4.79 Å². The fourth-order valence-corrected chi connectivity index (χ4v) is 1.58. The number of amides is 2. The monoisotopic (exact) mass is 285 g/mol. The highest BCUT2D eigenvalue weighted by molar-refractivity contribution is 6.32. The van der Waals surface area contributed by atoms with E-state index < -0.39 is 6.03 Å². The average molecular weight is 286 g/mol. The quantitative estimate of drug-likeness (QED) is 0.642. The van der Waals surface area contributed by atoms with Crippen LogP contribution in [0.2, 0.25) is 5.02 Å². The van der Waals surface area contributed by atoms with Crippen molar-refractivity contribution >= 4 is 23.8 Å². The lowest BCUT2D eigenvalue weighted by Gasteiger charge is -2.16. The highest BCUT2D eigenvalue weighted by atomic mass is 35.5. The van der Waals surface area contributed by atoms with Crippen LogP contribution in [0.1, 0.15) is 19.4 Å². The van der Waals surface area contributed by atoms with E-state index in [1.54, 1.807) is 12.1 Å². The Labute approximate surface area is 116 Å². The largest absolute Gasteiger partial charge is 0.496 e. The Morgan fingerprint density at radius 2 is 2.21 bits per heavy atom. The highest BCUT2D eigenvalue weighted by Gasteiger charge is 2.14. The summed E-state index contributed by atoms with van der Waals surface area (Å²) in [4.78, 5) is 10.6. The Bertz CT molecular complexity index is 489. The molecule has 0 saturated carbocycles. The molecular weight excluding hydrogens is 270 g/mol. The van der Waals surface area contributed by atoms with Gasteiger partial charge in [-0.25, -0.2) is 10.2 Å². The molecule has 2 amide bonds. The number of rotatable bonds is 5. The van der Waals surface area contributed by atoms with Crippen molar-refractivity contribution in [2.45, 2.75) is 20.0 Å². The number of nitrogens with zero attached hydrogens (tertiary/aromatic N) is 1. The summed E-state index contributed by atoms with van der Waals surface area (Å²) < 4.78 is 10.8. The van der Waals surface area contributed by atoms with Gasteiger partial charge in [-0.05, 0) is 26.0 Å². The van der Waals surface area contributed by atoms with Crippen molar-refractivity contribution in [1.29, 1.82) is 0 Å². The highest BCUT2D eigenvalue weighted by Crippen LogP contribution is 2.34. The normalized spacial score (nSPS) is 10.8. The number of urea groups is 1. The molecule has 0 radical (unpaired) electrons. The van der Waals surface area contributed by atoms with Crippen LogP contribution in [0.15, 0.2) is 17.2 Å². The van der Waals surface area contributed by atoms with Gasteiger partial charge >= 0.3 is 6.03 Å². The minimum Gasteiger partial charge on any atom is -0.496 e. The number of nitrogens with one attached hydrogen (secondary N) is 1.